The van der Waals surface area contributed by atoms with Crippen molar-refractivity contribution >= 4 is 29.3 Å². The van der Waals surface area contributed by atoms with Gasteiger partial charge in [0.05, 0.1) is 5.75 Å². The van der Waals surface area contributed by atoms with E-state index in [1.165, 1.54) is 11.8 Å². The fourth-order valence-corrected chi connectivity index (χ4v) is 1.92. The molecule has 0 fully saturated rings. The average molecular weight is 260 g/mol. The van der Waals surface area contributed by atoms with Gasteiger partial charge >= 0.3 is 5.97 Å². The average Bonchev–Trinajstić information content (AvgIpc) is 2.12. The van der Waals surface area contributed by atoms with Crippen LogP contribution in [0.2, 0.25) is 5.15 Å². The second-order valence-corrected chi connectivity index (χ2v) is 5.63. The maximum absolute atomic E-state index is 11.4. The number of halogens is 1. The number of carbonyl (C=O) groups is 1. The molecule has 1 heterocycles. The highest BCUT2D eigenvalue weighted by Crippen LogP contribution is 2.20. The first-order chi connectivity index (χ1) is 7.37. The molecule has 1 rings (SSSR count). The van der Waals surface area contributed by atoms with Gasteiger partial charge in [-0.1, -0.05) is 11.6 Å². The second kappa shape index (κ2) is 5.55. The Kier molecular flexibility index (Phi) is 4.62. The molecule has 1 aromatic heterocycles. The quantitative estimate of drug-likeness (QED) is 0.475. The highest BCUT2D eigenvalue weighted by Gasteiger charge is 2.16. The van der Waals surface area contributed by atoms with E-state index in [9.17, 15) is 4.79 Å². The van der Waals surface area contributed by atoms with Crippen LogP contribution in [0.3, 0.4) is 0 Å². The number of thioether (sulfide) groups is 1. The lowest BCUT2D eigenvalue weighted by atomic mass is 10.2. The zero-order chi connectivity index (χ0) is 12.2. The second-order valence-electron chi connectivity index (χ2n) is 4.19. The van der Waals surface area contributed by atoms with Crippen molar-refractivity contribution in [1.82, 2.24) is 4.98 Å². The van der Waals surface area contributed by atoms with Crippen LogP contribution in [-0.4, -0.2) is 22.3 Å². The lowest BCUT2D eigenvalue weighted by molar-refractivity contribution is -0.151. The van der Waals surface area contributed by atoms with Gasteiger partial charge in [-0.2, -0.15) is 0 Å². The van der Waals surface area contributed by atoms with Gasteiger partial charge in [0.2, 0.25) is 0 Å². The van der Waals surface area contributed by atoms with Crippen LogP contribution in [0.4, 0.5) is 0 Å². The Morgan fingerprint density at radius 2 is 2.25 bits per heavy atom. The minimum atomic E-state index is -0.437. The maximum atomic E-state index is 11.4. The van der Waals surface area contributed by atoms with Crippen LogP contribution >= 0.6 is 23.4 Å². The molecule has 5 heteroatoms. The molecule has 0 aliphatic rings. The van der Waals surface area contributed by atoms with Crippen LogP contribution in [0, 0.1) is 0 Å². The van der Waals surface area contributed by atoms with Gasteiger partial charge < -0.3 is 4.74 Å². The number of carbonyl (C=O) groups excluding carboxylic acids is 1. The molecular formula is C11H14ClNO2S. The first-order valence-electron chi connectivity index (χ1n) is 4.83. The molecule has 0 bridgehead atoms. The van der Waals surface area contributed by atoms with Crippen LogP contribution in [0.15, 0.2) is 23.2 Å². The highest BCUT2D eigenvalue weighted by molar-refractivity contribution is 8.00. The molecular weight excluding hydrogens is 246 g/mol. The molecule has 0 N–H and O–H groups in total. The van der Waals surface area contributed by atoms with Crippen molar-refractivity contribution < 1.29 is 9.53 Å². The molecule has 0 radical (unpaired) electrons. The fourth-order valence-electron chi connectivity index (χ4n) is 0.988. The van der Waals surface area contributed by atoms with Crippen molar-refractivity contribution in [2.24, 2.45) is 0 Å². The number of pyridine rings is 1. The van der Waals surface area contributed by atoms with Gasteiger partial charge in [0.1, 0.15) is 10.8 Å². The summed E-state index contributed by atoms with van der Waals surface area (Å²) < 4.78 is 5.18. The standard InChI is InChI=1S/C11H14ClNO2S/c1-11(2,3)15-10(14)7-16-8-4-5-13-9(12)6-8/h4-6H,7H2,1-3H3. The smallest absolute Gasteiger partial charge is 0.316 e. The Labute approximate surface area is 105 Å². The summed E-state index contributed by atoms with van der Waals surface area (Å²) in [6.07, 6.45) is 1.61. The summed E-state index contributed by atoms with van der Waals surface area (Å²) in [4.78, 5) is 16.2. The van der Waals surface area contributed by atoms with E-state index in [1.54, 1.807) is 18.3 Å². The lowest BCUT2D eigenvalue weighted by Gasteiger charge is -2.19. The zero-order valence-electron chi connectivity index (χ0n) is 9.49. The molecule has 0 spiro atoms. The monoisotopic (exact) mass is 259 g/mol. The molecule has 0 saturated carbocycles. The minimum Gasteiger partial charge on any atom is -0.459 e. The molecule has 0 atom stereocenters. The molecule has 0 aliphatic carbocycles. The Morgan fingerprint density at radius 3 is 2.81 bits per heavy atom. The third kappa shape index (κ3) is 5.37. The summed E-state index contributed by atoms with van der Waals surface area (Å²) in [6, 6.07) is 3.53. The summed E-state index contributed by atoms with van der Waals surface area (Å²) in [5, 5.41) is 0.425. The summed E-state index contributed by atoms with van der Waals surface area (Å²) in [7, 11) is 0. The number of hydrogen-bond donors (Lipinski definition) is 0. The van der Waals surface area contributed by atoms with E-state index in [0.29, 0.717) is 5.15 Å². The van der Waals surface area contributed by atoms with Crippen LogP contribution in [-0.2, 0) is 9.53 Å². The van der Waals surface area contributed by atoms with E-state index in [1.807, 2.05) is 20.8 Å². The van der Waals surface area contributed by atoms with Gasteiger partial charge in [0.15, 0.2) is 0 Å². The van der Waals surface area contributed by atoms with Crippen molar-refractivity contribution in [3.05, 3.63) is 23.5 Å². The normalized spacial score (nSPS) is 11.2. The van der Waals surface area contributed by atoms with Gasteiger partial charge in [0.25, 0.3) is 0 Å². The number of aromatic nitrogens is 1. The number of hydrogen-bond acceptors (Lipinski definition) is 4. The zero-order valence-corrected chi connectivity index (χ0v) is 11.1. The molecule has 3 nitrogen and oxygen atoms in total. The van der Waals surface area contributed by atoms with Gasteiger partial charge in [-0.25, -0.2) is 4.98 Å². The molecule has 0 aliphatic heterocycles. The van der Waals surface area contributed by atoms with E-state index in [2.05, 4.69) is 4.98 Å². The first-order valence-corrected chi connectivity index (χ1v) is 6.19. The Hall–Kier alpha value is -0.740. The summed E-state index contributed by atoms with van der Waals surface area (Å²) in [5.74, 6) is 0.0443. The molecule has 88 valence electrons. The summed E-state index contributed by atoms with van der Waals surface area (Å²) in [5.41, 5.74) is -0.437. The summed E-state index contributed by atoms with van der Waals surface area (Å²) >= 11 is 7.11. The van der Waals surface area contributed by atoms with E-state index in [-0.39, 0.29) is 11.7 Å². The van der Waals surface area contributed by atoms with Crippen LogP contribution in [0.5, 0.6) is 0 Å². The van der Waals surface area contributed by atoms with E-state index >= 15 is 0 Å². The maximum Gasteiger partial charge on any atom is 0.316 e. The van der Waals surface area contributed by atoms with Crippen LogP contribution in [0.25, 0.3) is 0 Å². The van der Waals surface area contributed by atoms with E-state index in [0.717, 1.165) is 4.90 Å². The molecule has 16 heavy (non-hydrogen) atoms. The van der Waals surface area contributed by atoms with Gasteiger partial charge in [-0.15, -0.1) is 11.8 Å². The van der Waals surface area contributed by atoms with Crippen molar-refractivity contribution in [3.63, 3.8) is 0 Å². The van der Waals surface area contributed by atoms with Gasteiger partial charge in [-0.05, 0) is 32.9 Å². The Morgan fingerprint density at radius 1 is 1.56 bits per heavy atom. The number of rotatable bonds is 3. The molecule has 0 aromatic carbocycles. The van der Waals surface area contributed by atoms with Crippen molar-refractivity contribution in [2.45, 2.75) is 31.3 Å². The number of esters is 1. The third-order valence-electron chi connectivity index (χ3n) is 1.47. The van der Waals surface area contributed by atoms with Crippen molar-refractivity contribution in [2.75, 3.05) is 5.75 Å². The van der Waals surface area contributed by atoms with Crippen molar-refractivity contribution in [1.29, 1.82) is 0 Å². The van der Waals surface area contributed by atoms with Crippen LogP contribution < -0.4 is 0 Å². The minimum absolute atomic E-state index is 0.231. The summed E-state index contributed by atoms with van der Waals surface area (Å²) in [6.45, 7) is 5.54. The lowest BCUT2D eigenvalue weighted by Crippen LogP contribution is -2.24. The highest BCUT2D eigenvalue weighted by atomic mass is 35.5. The first kappa shape index (κ1) is 13.3. The SMILES string of the molecule is CC(C)(C)OC(=O)CSc1ccnc(Cl)c1. The number of ether oxygens (including phenoxy) is 1. The van der Waals surface area contributed by atoms with E-state index in [4.69, 9.17) is 16.3 Å². The topological polar surface area (TPSA) is 39.2 Å². The Bertz CT molecular complexity index is 376. The van der Waals surface area contributed by atoms with Crippen LogP contribution in [0.1, 0.15) is 20.8 Å². The predicted molar refractivity (Wildman–Crippen MR) is 65.8 cm³/mol. The van der Waals surface area contributed by atoms with Gasteiger partial charge in [0, 0.05) is 11.1 Å². The largest absolute Gasteiger partial charge is 0.459 e. The molecule has 1 aromatic rings. The molecule has 0 amide bonds. The number of nitrogens with zero attached hydrogens (tertiary/aromatic N) is 1. The van der Waals surface area contributed by atoms with Gasteiger partial charge in [-0.3, -0.25) is 4.79 Å². The molecule has 0 saturated heterocycles. The van der Waals surface area contributed by atoms with E-state index < -0.39 is 5.60 Å². The predicted octanol–water partition coefficient (Wildman–Crippen LogP) is 3.17. The van der Waals surface area contributed by atoms with Crippen molar-refractivity contribution in [3.8, 4) is 0 Å². The fraction of sp³-hybridized carbons (Fsp3) is 0.455. The Balaban J connectivity index is 2.43. The molecule has 0 unspecified atom stereocenters. The third-order valence-corrected chi connectivity index (χ3v) is 2.65.